The molecule has 0 spiro atoms. The lowest BCUT2D eigenvalue weighted by molar-refractivity contribution is 0.216. The highest BCUT2D eigenvalue weighted by molar-refractivity contribution is 7.93. The minimum atomic E-state index is -5.34. The topological polar surface area (TPSA) is 634 Å². The number of sulfonamides is 7. The quantitative estimate of drug-likeness (QED) is 0.0169. The molecule has 0 unspecified atom stereocenters. The Morgan fingerprint density at radius 2 is 0.455 bits per heavy atom. The molecule has 5 heterocycles. The molecule has 49 heteroatoms. The number of nitrogens with one attached hydrogen (secondary N) is 2. The molecule has 2 aliphatic heterocycles. The van der Waals surface area contributed by atoms with E-state index in [4.69, 9.17) is 29.9 Å². The Morgan fingerprint density at radius 1 is 0.255 bits per heavy atom. The summed E-state index contributed by atoms with van der Waals surface area (Å²) in [6, 6.07) is 7.84. The van der Waals surface area contributed by atoms with Crippen molar-refractivity contribution in [3.63, 3.8) is 0 Å². The number of benzene rings is 4. The van der Waals surface area contributed by atoms with E-state index in [0.29, 0.717) is 21.5 Å². The summed E-state index contributed by atoms with van der Waals surface area (Å²) in [6.45, 7) is -19.6. The third-order valence-corrected chi connectivity index (χ3v) is 31.3. The fourth-order valence-electron chi connectivity index (χ4n) is 12.3. The van der Waals surface area contributed by atoms with Crippen molar-refractivity contribution in [2.75, 3.05) is 178 Å². The fraction of sp³-hybridized carbons (Fsp3) is 0.475. The first-order chi connectivity index (χ1) is 52.2. The summed E-state index contributed by atoms with van der Waals surface area (Å²) in [6.07, 6.45) is 0.0599. The molecule has 8 bridgehead atoms. The molecule has 2 aliphatic rings. The number of nitrogens with zero attached hydrogens (tertiary/aromatic N) is 13. The highest BCUT2D eigenvalue weighted by Gasteiger charge is 2.42. The molecule has 0 saturated heterocycles. The van der Waals surface area contributed by atoms with Crippen molar-refractivity contribution in [1.29, 1.82) is 0 Å². The molecule has 3 aromatic heterocycles. The molecule has 606 valence electrons. The number of aromatic nitrogens is 8. The molecule has 110 heavy (non-hydrogen) atoms. The Bertz CT molecular complexity index is 5500. The van der Waals surface area contributed by atoms with Crippen molar-refractivity contribution in [2.24, 2.45) is 0 Å². The normalized spacial score (nSPS) is 13.5. The number of fused-ring (bicyclic) bond motifs is 20. The van der Waals surface area contributed by atoms with Gasteiger partial charge in [-0.25, -0.2) is 88.8 Å². The predicted molar refractivity (Wildman–Crippen MR) is 390 cm³/mol. The first kappa shape index (κ1) is 87.1. The van der Waals surface area contributed by atoms with Crippen LogP contribution in [-0.2, 0) is 70.2 Å². The average molecular weight is 1680 g/mol. The Balaban J connectivity index is 1.63. The maximum atomic E-state index is 15.4. The molecule has 0 radical (unpaired) electrons. The highest BCUT2D eigenvalue weighted by Crippen LogP contribution is 2.45. The van der Waals surface area contributed by atoms with Gasteiger partial charge in [0.25, 0.3) is 0 Å². The molecule has 42 nitrogen and oxygen atoms in total. The third kappa shape index (κ3) is 17.0. The third-order valence-electron chi connectivity index (χ3n) is 17.4. The first-order valence-electron chi connectivity index (χ1n) is 33.7. The zero-order chi connectivity index (χ0) is 80.6. The monoisotopic (exact) mass is 1680 g/mol. The Hall–Kier alpha value is -6.91. The number of H-pyrrole nitrogens is 2. The van der Waals surface area contributed by atoms with E-state index < -0.39 is 354 Å². The number of hydrogen-bond donors (Lipinski definition) is 15. The van der Waals surface area contributed by atoms with Crippen molar-refractivity contribution in [3.8, 4) is 45.6 Å². The van der Waals surface area contributed by atoms with Crippen LogP contribution in [0.15, 0.2) is 88.9 Å². The van der Waals surface area contributed by atoms with Gasteiger partial charge in [0, 0.05) is 135 Å². The van der Waals surface area contributed by atoms with E-state index in [2.05, 4.69) is 9.97 Å². The van der Waals surface area contributed by atoms with E-state index in [1.54, 1.807) is 6.92 Å². The molecule has 0 aliphatic carbocycles. The maximum absolute atomic E-state index is 15.4. The molecule has 15 N–H and O–H groups in total. The number of aliphatic hydroxyl groups is 13. The van der Waals surface area contributed by atoms with Crippen molar-refractivity contribution in [1.82, 2.24) is 70.0 Å². The smallest absolute Gasteiger partial charge is 0.244 e. The minimum absolute atomic E-state index is 0.0599. The average Bonchev–Trinajstić information content (AvgIpc) is 1.51. The van der Waals surface area contributed by atoms with Crippen LogP contribution >= 0.6 is 0 Å². The Kier molecular flexibility index (Phi) is 28.5. The first-order valence-corrected chi connectivity index (χ1v) is 43.8. The van der Waals surface area contributed by atoms with Gasteiger partial charge < -0.3 is 76.4 Å². The van der Waals surface area contributed by atoms with Gasteiger partial charge in [-0.3, -0.25) is 0 Å². The lowest BCUT2D eigenvalue weighted by Crippen LogP contribution is -2.39. The summed E-state index contributed by atoms with van der Waals surface area (Å²) in [5.74, 6) is -2.67. The summed E-state index contributed by atoms with van der Waals surface area (Å²) in [5, 5.41) is 131. The Morgan fingerprint density at radius 3 is 0.682 bits per heavy atom. The van der Waals surface area contributed by atoms with E-state index in [1.165, 1.54) is 6.07 Å². The summed E-state index contributed by atoms with van der Waals surface area (Å²) < 4.78 is 217. The predicted octanol–water partition coefficient (Wildman–Crippen LogP) is -5.89. The summed E-state index contributed by atoms with van der Waals surface area (Å²) in [5.41, 5.74) is -4.01. The molecule has 0 saturated carbocycles. The van der Waals surface area contributed by atoms with Crippen LogP contribution in [-0.4, -0.2) is 373 Å². The van der Waals surface area contributed by atoms with Crippen LogP contribution in [0.2, 0.25) is 0 Å². The van der Waals surface area contributed by atoms with E-state index in [-0.39, 0.29) is 23.7 Å². The van der Waals surface area contributed by atoms with Crippen molar-refractivity contribution in [3.05, 3.63) is 54.6 Å². The van der Waals surface area contributed by atoms with Crippen molar-refractivity contribution < 1.29 is 125 Å². The molecular weight excluding hydrogens is 1600 g/mol. The van der Waals surface area contributed by atoms with E-state index in [9.17, 15) is 74.8 Å². The van der Waals surface area contributed by atoms with Crippen LogP contribution in [0.3, 0.4) is 0 Å². The van der Waals surface area contributed by atoms with Crippen LogP contribution in [0, 0.1) is 0 Å². The molecule has 0 fully saturated rings. The summed E-state index contributed by atoms with van der Waals surface area (Å²) in [4.78, 5) is 27.2. The summed E-state index contributed by atoms with van der Waals surface area (Å²) in [7, 11) is -36.6. The van der Waals surface area contributed by atoms with Gasteiger partial charge in [-0.1, -0.05) is 6.92 Å². The molecular formula is C61H83N15O27S7. The van der Waals surface area contributed by atoms with Gasteiger partial charge in [0.15, 0.2) is 23.3 Å². The zero-order valence-corrected chi connectivity index (χ0v) is 64.4. The van der Waals surface area contributed by atoms with Crippen molar-refractivity contribution in [2.45, 2.75) is 47.6 Å². The molecule has 4 aromatic carbocycles. The highest BCUT2D eigenvalue weighted by atomic mass is 32.2. The second-order valence-corrected chi connectivity index (χ2v) is 37.5. The molecule has 0 amide bonds. The van der Waals surface area contributed by atoms with Crippen molar-refractivity contribution >= 4 is 114 Å². The van der Waals surface area contributed by atoms with Crippen LogP contribution in [0.4, 0.5) is 0 Å². The van der Waals surface area contributed by atoms with Gasteiger partial charge in [0.05, 0.1) is 90.8 Å². The van der Waals surface area contributed by atoms with Gasteiger partial charge in [-0.05, 0) is 61.0 Å². The lowest BCUT2D eigenvalue weighted by atomic mass is 10.1. The van der Waals surface area contributed by atoms with E-state index in [1.807, 2.05) is 0 Å². The van der Waals surface area contributed by atoms with E-state index >= 15 is 50.5 Å². The number of hydrogen-bond acceptors (Lipinski definition) is 33. The van der Waals surface area contributed by atoms with Gasteiger partial charge in [-0.2, -0.15) is 30.1 Å². The standard InChI is InChI=1S/C61H83N15O27S7/c1-2-5-70(6-19-77)105(92,93)48-33-43-46(35-49(48)106(94,95)72(9-22-80)10-23-81)61-67-58-44-36-51(108(98,99)74(13-26-84)14-27-85)50(107(96,97)73(11-24-82)12-25-83)34-42(44)56(65-58)63-54-40-4-3-39(104(90,91)71(7-20-78)8-21-79)32-41(40)55(62-54)64-57-45-37-52(109(100,101)75(15-28-86)16-29-87)53(110(102,103)76(17-30-88)18-31-89)38-47(45)60(66-57)68-59(43)69-61/h3-4,32-38,77-89H,2,5-31H2,1H3,(H2,62,63,64,65,66,67,68,69). The number of aromatic amines is 2. The van der Waals surface area contributed by atoms with Gasteiger partial charge in [0.1, 0.15) is 52.0 Å². The largest absolute Gasteiger partial charge is 0.395 e. The van der Waals surface area contributed by atoms with Crippen LogP contribution in [0.25, 0.3) is 89.7 Å². The summed E-state index contributed by atoms with van der Waals surface area (Å²) >= 11 is 0. The SMILES string of the molecule is CCCN(CCO)S(=O)(=O)c1cc2c3nc4nc(nc5[nH]c(nc6nc(nc([nH]3)c2cc1S(=O)(=O)N(CCO)CCO)-c1cc(S(=O)(=O)N(CCO)CCO)c(S(=O)(=O)N(CCO)CCO)cc1-6)c1ccc(S(=O)(=O)N(CCO)CCO)cc51)-c1cc(S(=O)(=O)N(CCO)CCO)c(S(=O)(=O)N(CCO)CCO)cc1-4. The van der Waals surface area contributed by atoms with Gasteiger partial charge in [-0.15, -0.1) is 0 Å². The molecule has 0 atom stereocenters. The van der Waals surface area contributed by atoms with Crippen LogP contribution in [0.1, 0.15) is 13.3 Å². The molecule has 9 rings (SSSR count). The molecule has 7 aromatic rings. The van der Waals surface area contributed by atoms with Gasteiger partial charge >= 0.3 is 0 Å². The Labute approximate surface area is 631 Å². The maximum Gasteiger partial charge on any atom is 0.244 e. The second-order valence-electron chi connectivity index (χ2n) is 24.1. The fourth-order valence-corrected chi connectivity index (χ4v) is 24.8. The van der Waals surface area contributed by atoms with Crippen LogP contribution in [0.5, 0.6) is 0 Å². The second kappa shape index (κ2) is 36.1. The van der Waals surface area contributed by atoms with E-state index in [0.717, 1.165) is 57.1 Å². The number of rotatable bonds is 42. The lowest BCUT2D eigenvalue weighted by Gasteiger charge is -2.25. The minimum Gasteiger partial charge on any atom is -0.395 e. The van der Waals surface area contributed by atoms with Crippen LogP contribution < -0.4 is 0 Å². The zero-order valence-electron chi connectivity index (χ0n) is 58.7. The number of aliphatic hydroxyl groups excluding tert-OH is 13. The van der Waals surface area contributed by atoms with Gasteiger partial charge in [0.2, 0.25) is 70.2 Å².